The lowest BCUT2D eigenvalue weighted by Gasteiger charge is -2.29. The molecule has 2 saturated carbocycles. The average molecular weight is 665 g/mol. The second-order valence-electron chi connectivity index (χ2n) is 14.4. The van der Waals surface area contributed by atoms with E-state index in [1.54, 1.807) is 17.2 Å². The van der Waals surface area contributed by atoms with Gasteiger partial charge in [0.25, 0.3) is 0 Å². The molecule has 14 heteroatoms. The highest BCUT2D eigenvalue weighted by atomic mass is 32.2. The summed E-state index contributed by atoms with van der Waals surface area (Å²) in [7, 11) is 0.822. The molecule has 252 valence electrons. The van der Waals surface area contributed by atoms with Gasteiger partial charge >= 0.3 is 12.2 Å². The second kappa shape index (κ2) is 12.7. The van der Waals surface area contributed by atoms with Crippen LogP contribution in [0.5, 0.6) is 0 Å². The number of carbonyl (C=O) groups is 2. The van der Waals surface area contributed by atoms with Crippen molar-refractivity contribution in [2.75, 3.05) is 35.0 Å². The van der Waals surface area contributed by atoms with Gasteiger partial charge < -0.3 is 25.0 Å². The number of alkyl carbamates (subject to hydrolysis) is 1. The molecule has 0 aliphatic heterocycles. The van der Waals surface area contributed by atoms with Crippen LogP contribution in [0.25, 0.3) is 5.65 Å². The normalized spacial score (nSPS) is 16.1. The van der Waals surface area contributed by atoms with E-state index in [0.29, 0.717) is 35.3 Å². The molecule has 2 aliphatic carbocycles. The highest BCUT2D eigenvalue weighted by Gasteiger charge is 2.46. The second-order valence-corrected chi connectivity index (χ2v) is 15.9. The number of benzene rings is 1. The van der Waals surface area contributed by atoms with E-state index in [1.807, 2.05) is 66.8 Å². The molecule has 2 heterocycles. The highest BCUT2D eigenvalue weighted by Crippen LogP contribution is 2.39. The summed E-state index contributed by atoms with van der Waals surface area (Å²) in [6, 6.07) is 9.57. The number of anilines is 4. The van der Waals surface area contributed by atoms with Crippen LogP contribution in [0.3, 0.4) is 0 Å². The van der Waals surface area contributed by atoms with Gasteiger partial charge in [0.1, 0.15) is 34.5 Å². The van der Waals surface area contributed by atoms with E-state index in [0.717, 1.165) is 36.9 Å². The first-order valence-electron chi connectivity index (χ1n) is 15.7. The van der Waals surface area contributed by atoms with Crippen LogP contribution in [-0.4, -0.2) is 73.6 Å². The number of hydrogen-bond acceptors (Lipinski definition) is 10. The third-order valence-electron chi connectivity index (χ3n) is 7.60. The molecule has 13 nitrogen and oxygen atoms in total. The largest absolute Gasteiger partial charge is 0.444 e. The lowest BCUT2D eigenvalue weighted by atomic mass is 10.1. The van der Waals surface area contributed by atoms with Crippen molar-refractivity contribution in [1.29, 1.82) is 5.26 Å². The number of nitrogens with zero attached hydrogens (tertiary/aromatic N) is 6. The average Bonchev–Trinajstić information content (AvgIpc) is 3.85. The number of nitrogens with one attached hydrogen (secondary N) is 2. The number of carbonyl (C=O) groups excluding carboxylic acids is 2. The summed E-state index contributed by atoms with van der Waals surface area (Å²) in [5.74, 6) is 1.16. The van der Waals surface area contributed by atoms with Crippen LogP contribution in [0.15, 0.2) is 30.5 Å². The molecule has 2 aliphatic rings. The van der Waals surface area contributed by atoms with Gasteiger partial charge in [-0.25, -0.2) is 14.6 Å². The summed E-state index contributed by atoms with van der Waals surface area (Å²) >= 11 is 0. The molecule has 0 saturated heterocycles. The smallest absolute Gasteiger partial charge is 0.416 e. The number of likely N-dealkylation sites (N-methyl/N-ethyl adjacent to an activating group) is 1. The Morgan fingerprint density at radius 3 is 2.38 bits per heavy atom. The van der Waals surface area contributed by atoms with E-state index in [1.165, 1.54) is 10.7 Å². The van der Waals surface area contributed by atoms with Gasteiger partial charge in [0.2, 0.25) is 0 Å². The van der Waals surface area contributed by atoms with E-state index < -0.39 is 39.7 Å². The first-order valence-corrected chi connectivity index (χ1v) is 17.4. The molecule has 0 radical (unpaired) electrons. The number of ether oxygens (including phenoxy) is 2. The van der Waals surface area contributed by atoms with E-state index >= 15 is 0 Å². The van der Waals surface area contributed by atoms with Crippen LogP contribution in [0.2, 0.25) is 0 Å². The number of fused-ring (bicyclic) bond motifs is 1. The Bertz CT molecular complexity index is 1740. The maximum absolute atomic E-state index is 13.4. The van der Waals surface area contributed by atoms with Gasteiger partial charge in [-0.05, 0) is 91.0 Å². The van der Waals surface area contributed by atoms with Crippen molar-refractivity contribution in [3.63, 3.8) is 0 Å². The van der Waals surface area contributed by atoms with Crippen LogP contribution in [0.4, 0.5) is 32.6 Å². The molecular formula is C33H44N8O5S. The zero-order valence-corrected chi connectivity index (χ0v) is 29.2. The van der Waals surface area contributed by atoms with Crippen molar-refractivity contribution >= 4 is 51.6 Å². The van der Waals surface area contributed by atoms with E-state index in [9.17, 15) is 19.1 Å². The van der Waals surface area contributed by atoms with Crippen molar-refractivity contribution in [1.82, 2.24) is 19.9 Å². The Hall–Kier alpha value is -4.38. The summed E-state index contributed by atoms with van der Waals surface area (Å²) in [6.07, 6.45) is 5.46. The van der Waals surface area contributed by atoms with Crippen LogP contribution >= 0.6 is 0 Å². The minimum Gasteiger partial charge on any atom is -0.444 e. The Labute approximate surface area is 278 Å². The Morgan fingerprint density at radius 1 is 1.13 bits per heavy atom. The molecule has 5 rings (SSSR count). The third kappa shape index (κ3) is 8.51. The Balaban J connectivity index is 1.44. The number of amides is 2. The number of nitriles is 1. The first kappa shape index (κ1) is 34.0. The fourth-order valence-electron chi connectivity index (χ4n) is 5.39. The summed E-state index contributed by atoms with van der Waals surface area (Å²) in [5.41, 5.74) is 1.32. The molecule has 1 atom stereocenters. The number of hydrogen-bond donors (Lipinski definition) is 2. The summed E-state index contributed by atoms with van der Waals surface area (Å²) < 4.78 is 25.2. The van der Waals surface area contributed by atoms with Crippen molar-refractivity contribution in [3.05, 3.63) is 41.6 Å². The third-order valence-corrected chi connectivity index (χ3v) is 8.32. The molecule has 1 aromatic carbocycles. The summed E-state index contributed by atoms with van der Waals surface area (Å²) in [4.78, 5) is 34.2. The van der Waals surface area contributed by atoms with Gasteiger partial charge in [-0.3, -0.25) is 9.11 Å². The summed E-state index contributed by atoms with van der Waals surface area (Å²) in [5, 5.41) is 20.5. The lowest BCUT2D eigenvalue weighted by Crippen LogP contribution is -2.46. The van der Waals surface area contributed by atoms with Crippen LogP contribution < -0.4 is 20.4 Å². The fraction of sp³-hybridized carbons (Fsp3) is 0.545. The molecule has 1 unspecified atom stereocenters. The van der Waals surface area contributed by atoms with Gasteiger partial charge in [0.05, 0.1) is 17.5 Å². The molecule has 47 heavy (non-hydrogen) atoms. The summed E-state index contributed by atoms with van der Waals surface area (Å²) in [6.45, 7) is 11.5. The standard InChI is InChI=1S/C33H44N8O5S/c1-31(2,3)45-29(42)38-33(13-14-33)20-39(7)25-12-9-23(15-21(25)19-47(8)44)36-26-16-27(41-28(37-26)22(17-34)18-35-41)40(24-10-11-24)30(43)46-32(4,5)6/h9,12,15-16,18,24H,10-11,13-14,19-20H2,1-8H3,(H,36,37)(H,38,42). The van der Waals surface area contributed by atoms with Gasteiger partial charge in [-0.15, -0.1) is 0 Å². The van der Waals surface area contributed by atoms with Gasteiger partial charge in [-0.2, -0.15) is 14.9 Å². The van der Waals surface area contributed by atoms with Crippen LogP contribution in [0, 0.1) is 11.3 Å². The molecule has 0 spiro atoms. The van der Waals surface area contributed by atoms with E-state index in [4.69, 9.17) is 9.47 Å². The monoisotopic (exact) mass is 664 g/mol. The van der Waals surface area contributed by atoms with Crippen LogP contribution in [0.1, 0.15) is 78.4 Å². The minimum atomic E-state index is -1.13. The Morgan fingerprint density at radius 2 is 1.81 bits per heavy atom. The van der Waals surface area contributed by atoms with Gasteiger partial charge in [0, 0.05) is 54.1 Å². The lowest BCUT2D eigenvalue weighted by molar-refractivity contribution is 0.0496. The molecule has 3 aromatic rings. The maximum Gasteiger partial charge on any atom is 0.416 e. The maximum atomic E-state index is 13.4. The van der Waals surface area contributed by atoms with Crippen molar-refractivity contribution < 1.29 is 23.3 Å². The fourth-order valence-corrected chi connectivity index (χ4v) is 6.06. The molecular weight excluding hydrogens is 620 g/mol. The molecule has 2 N–H and O–H groups in total. The van der Waals surface area contributed by atoms with Crippen molar-refractivity contribution in [2.24, 2.45) is 0 Å². The molecule has 2 aromatic heterocycles. The first-order chi connectivity index (χ1) is 22.0. The molecule has 2 amide bonds. The van der Waals surface area contributed by atoms with E-state index in [2.05, 4.69) is 31.7 Å². The zero-order chi connectivity index (χ0) is 34.3. The highest BCUT2D eigenvalue weighted by molar-refractivity contribution is 7.83. The number of aromatic nitrogens is 3. The molecule has 2 fully saturated rings. The topological polar surface area (TPSA) is 154 Å². The van der Waals surface area contributed by atoms with Crippen molar-refractivity contribution in [2.45, 2.75) is 95.8 Å². The Kier molecular flexibility index (Phi) is 9.16. The van der Waals surface area contributed by atoms with Gasteiger partial charge in [-0.1, -0.05) is 0 Å². The predicted molar refractivity (Wildman–Crippen MR) is 182 cm³/mol. The quantitative estimate of drug-likeness (QED) is 0.279. The van der Waals surface area contributed by atoms with Gasteiger partial charge in [0.15, 0.2) is 5.65 Å². The minimum absolute atomic E-state index is 0.0569. The molecule has 0 bridgehead atoms. The zero-order valence-electron chi connectivity index (χ0n) is 28.3. The predicted octanol–water partition coefficient (Wildman–Crippen LogP) is 5.62. The van der Waals surface area contributed by atoms with Crippen molar-refractivity contribution in [3.8, 4) is 6.07 Å². The SMILES string of the molecule is CN(CC1(NC(=O)OC(C)(C)C)CC1)c1ccc(Nc2cc(N(C(=O)OC(C)(C)C)C3CC3)n3ncc(C#N)c3n2)cc1CS(C)=O. The van der Waals surface area contributed by atoms with E-state index in [-0.39, 0.29) is 11.6 Å². The van der Waals surface area contributed by atoms with Crippen LogP contribution in [-0.2, 0) is 26.0 Å². The number of rotatable bonds is 10.